The molecule has 1 heterocycles. The molecular weight excluding hydrogens is 378 g/mol. The van der Waals surface area contributed by atoms with Crippen LogP contribution in [0.1, 0.15) is 45.9 Å². The fourth-order valence-corrected chi connectivity index (χ4v) is 3.76. The Hall–Kier alpha value is -3.42. The molecule has 2 aromatic rings. The molecule has 0 saturated heterocycles. The molecule has 0 spiro atoms. The summed E-state index contributed by atoms with van der Waals surface area (Å²) in [5, 5.41) is 29.9. The Bertz CT molecular complexity index is 970. The van der Waals surface area contributed by atoms with Crippen LogP contribution in [0.2, 0.25) is 0 Å². The van der Waals surface area contributed by atoms with Crippen LogP contribution in [0.25, 0.3) is 0 Å². The first-order valence-corrected chi connectivity index (χ1v) is 9.09. The van der Waals surface area contributed by atoms with E-state index in [4.69, 9.17) is 14.6 Å². The molecule has 8 nitrogen and oxygen atoms in total. The van der Waals surface area contributed by atoms with Crippen LogP contribution in [0.3, 0.4) is 0 Å². The molecule has 154 valence electrons. The molecule has 0 radical (unpaired) electrons. The topological polar surface area (TPSA) is 117 Å². The van der Waals surface area contributed by atoms with Crippen LogP contribution in [0, 0.1) is 6.92 Å². The molecule has 0 fully saturated rings. The molecule has 0 aromatic heterocycles. The van der Waals surface area contributed by atoms with Crippen LogP contribution >= 0.6 is 0 Å². The second-order valence-corrected chi connectivity index (χ2v) is 6.92. The summed E-state index contributed by atoms with van der Waals surface area (Å²) in [4.78, 5) is 25.6. The van der Waals surface area contributed by atoms with Crippen molar-refractivity contribution in [3.63, 3.8) is 0 Å². The maximum Gasteiger partial charge on any atom is 0.303 e. The number of hydrogen-bond acceptors (Lipinski definition) is 6. The molecule has 29 heavy (non-hydrogen) atoms. The summed E-state index contributed by atoms with van der Waals surface area (Å²) in [5.74, 6) is -1.03. The molecule has 3 rings (SSSR count). The van der Waals surface area contributed by atoms with Crippen LogP contribution in [0.15, 0.2) is 24.3 Å². The molecule has 1 aliphatic heterocycles. The Morgan fingerprint density at radius 3 is 2.38 bits per heavy atom. The summed E-state index contributed by atoms with van der Waals surface area (Å²) < 4.78 is 10.5. The SMILES string of the molecule is COc1cc(C)cc([C@@H]2c3cc(O)cc(OC)c3C(=O)N2CCCC(=O)O)c1O. The maximum atomic E-state index is 13.2. The van der Waals surface area contributed by atoms with Gasteiger partial charge < -0.3 is 29.7 Å². The fraction of sp³-hybridized carbons (Fsp3) is 0.333. The first kappa shape index (κ1) is 20.3. The van der Waals surface area contributed by atoms with Gasteiger partial charge in [0.05, 0.1) is 25.8 Å². The van der Waals surface area contributed by atoms with Crippen LogP contribution in [0.5, 0.6) is 23.0 Å². The highest BCUT2D eigenvalue weighted by molar-refractivity contribution is 6.02. The number of hydrogen-bond donors (Lipinski definition) is 3. The Kier molecular flexibility index (Phi) is 5.54. The van der Waals surface area contributed by atoms with Crippen molar-refractivity contribution in [2.75, 3.05) is 20.8 Å². The first-order valence-electron chi connectivity index (χ1n) is 9.09. The summed E-state index contributed by atoms with van der Waals surface area (Å²) in [7, 11) is 2.84. The Morgan fingerprint density at radius 2 is 1.76 bits per heavy atom. The summed E-state index contributed by atoms with van der Waals surface area (Å²) >= 11 is 0. The van der Waals surface area contributed by atoms with E-state index in [9.17, 15) is 19.8 Å². The zero-order valence-electron chi connectivity index (χ0n) is 16.4. The molecule has 8 heteroatoms. The lowest BCUT2D eigenvalue weighted by molar-refractivity contribution is -0.137. The maximum absolute atomic E-state index is 13.2. The van der Waals surface area contributed by atoms with Gasteiger partial charge in [-0.2, -0.15) is 0 Å². The van der Waals surface area contributed by atoms with Gasteiger partial charge in [0, 0.05) is 24.6 Å². The quantitative estimate of drug-likeness (QED) is 0.653. The zero-order chi connectivity index (χ0) is 21.3. The molecule has 1 amide bonds. The number of benzene rings is 2. The lowest BCUT2D eigenvalue weighted by Crippen LogP contribution is -2.30. The minimum atomic E-state index is -0.957. The number of carboxylic acid groups (broad SMARTS) is 1. The van der Waals surface area contributed by atoms with E-state index in [2.05, 4.69) is 0 Å². The number of rotatable bonds is 7. The Morgan fingerprint density at radius 1 is 1.07 bits per heavy atom. The van der Waals surface area contributed by atoms with Crippen LogP contribution in [-0.2, 0) is 4.79 Å². The van der Waals surface area contributed by atoms with E-state index in [-0.39, 0.29) is 53.9 Å². The average Bonchev–Trinajstić information content (AvgIpc) is 2.94. The first-order chi connectivity index (χ1) is 13.8. The van der Waals surface area contributed by atoms with Gasteiger partial charge in [0.1, 0.15) is 11.5 Å². The van der Waals surface area contributed by atoms with E-state index in [1.54, 1.807) is 12.1 Å². The fourth-order valence-electron chi connectivity index (χ4n) is 3.76. The number of carbonyl (C=O) groups excluding carboxylic acids is 1. The number of aryl methyl sites for hydroxylation is 1. The van der Waals surface area contributed by atoms with E-state index in [1.807, 2.05) is 6.92 Å². The summed E-state index contributed by atoms with van der Waals surface area (Å²) in [6, 6.07) is 5.51. The van der Waals surface area contributed by atoms with Crippen molar-refractivity contribution in [3.05, 3.63) is 46.5 Å². The summed E-state index contributed by atoms with van der Waals surface area (Å²) in [5.41, 5.74) is 2.00. The minimum absolute atomic E-state index is 0.0788. The predicted octanol–water partition coefficient (Wildman–Crippen LogP) is 2.83. The van der Waals surface area contributed by atoms with Crippen LogP contribution in [0.4, 0.5) is 0 Å². The van der Waals surface area contributed by atoms with Gasteiger partial charge in [0.25, 0.3) is 5.91 Å². The highest BCUT2D eigenvalue weighted by Crippen LogP contribution is 2.48. The number of phenolic OH excluding ortho intramolecular Hbond substituents is 2. The normalized spacial score (nSPS) is 15.3. The molecule has 2 aromatic carbocycles. The largest absolute Gasteiger partial charge is 0.508 e. The van der Waals surface area contributed by atoms with E-state index < -0.39 is 12.0 Å². The van der Waals surface area contributed by atoms with Gasteiger partial charge >= 0.3 is 5.97 Å². The lowest BCUT2D eigenvalue weighted by Gasteiger charge is -2.27. The van der Waals surface area contributed by atoms with Crippen LogP contribution in [-0.4, -0.2) is 52.9 Å². The third-order valence-electron chi connectivity index (χ3n) is 4.97. The van der Waals surface area contributed by atoms with E-state index >= 15 is 0 Å². The molecule has 1 atom stereocenters. The lowest BCUT2D eigenvalue weighted by atomic mass is 9.94. The van der Waals surface area contributed by atoms with Gasteiger partial charge in [-0.3, -0.25) is 9.59 Å². The van der Waals surface area contributed by atoms with E-state index in [0.717, 1.165) is 5.56 Å². The summed E-state index contributed by atoms with van der Waals surface area (Å²) in [6.07, 6.45) is 0.141. The number of methoxy groups -OCH3 is 2. The van der Waals surface area contributed by atoms with Crippen LogP contribution < -0.4 is 9.47 Å². The molecular formula is C21H23NO7. The Balaban J connectivity index is 2.18. The second kappa shape index (κ2) is 7.90. The van der Waals surface area contributed by atoms with Crippen molar-refractivity contribution in [2.45, 2.75) is 25.8 Å². The molecule has 3 N–H and O–H groups in total. The van der Waals surface area contributed by atoms with Gasteiger partial charge in [0.15, 0.2) is 11.5 Å². The van der Waals surface area contributed by atoms with Crippen molar-refractivity contribution >= 4 is 11.9 Å². The number of fused-ring (bicyclic) bond motifs is 1. The number of aromatic hydroxyl groups is 2. The molecule has 0 unspecified atom stereocenters. The van der Waals surface area contributed by atoms with Crippen molar-refractivity contribution in [1.29, 1.82) is 0 Å². The second-order valence-electron chi connectivity index (χ2n) is 6.92. The zero-order valence-corrected chi connectivity index (χ0v) is 16.4. The molecule has 0 saturated carbocycles. The van der Waals surface area contributed by atoms with Gasteiger partial charge in [0.2, 0.25) is 0 Å². The van der Waals surface area contributed by atoms with Gasteiger partial charge in [-0.05, 0) is 42.7 Å². The summed E-state index contributed by atoms with van der Waals surface area (Å²) in [6.45, 7) is 1.99. The van der Waals surface area contributed by atoms with E-state index in [1.165, 1.54) is 31.3 Å². The minimum Gasteiger partial charge on any atom is -0.508 e. The van der Waals surface area contributed by atoms with Gasteiger partial charge in [-0.25, -0.2) is 0 Å². The average molecular weight is 401 g/mol. The number of ether oxygens (including phenoxy) is 2. The third kappa shape index (κ3) is 3.65. The van der Waals surface area contributed by atoms with E-state index in [0.29, 0.717) is 11.1 Å². The highest BCUT2D eigenvalue weighted by Gasteiger charge is 2.41. The van der Waals surface area contributed by atoms with Gasteiger partial charge in [-0.15, -0.1) is 0 Å². The van der Waals surface area contributed by atoms with Crippen molar-refractivity contribution < 1.29 is 34.4 Å². The molecule has 0 aliphatic carbocycles. The number of phenols is 2. The smallest absolute Gasteiger partial charge is 0.303 e. The predicted molar refractivity (Wildman–Crippen MR) is 104 cm³/mol. The van der Waals surface area contributed by atoms with Crippen molar-refractivity contribution in [3.8, 4) is 23.0 Å². The third-order valence-corrected chi connectivity index (χ3v) is 4.97. The standard InChI is InChI=1S/C21H23NO7/c1-11-7-14(20(26)16(8-11)29-3)19-13-9-12(23)10-15(28-2)18(13)21(27)22(19)6-4-5-17(24)25/h7-10,19,23,26H,4-6H2,1-3H3,(H,24,25)/t19-/m0/s1. The highest BCUT2D eigenvalue weighted by atomic mass is 16.5. The molecule has 1 aliphatic rings. The Labute approximate surface area is 167 Å². The number of nitrogens with zero attached hydrogens (tertiary/aromatic N) is 1. The number of aliphatic carboxylic acids is 1. The number of carboxylic acids is 1. The molecule has 0 bridgehead atoms. The number of carbonyl (C=O) groups is 2. The monoisotopic (exact) mass is 401 g/mol. The van der Waals surface area contributed by atoms with Crippen molar-refractivity contribution in [1.82, 2.24) is 4.90 Å². The van der Waals surface area contributed by atoms with Crippen molar-refractivity contribution in [2.24, 2.45) is 0 Å². The van der Waals surface area contributed by atoms with Gasteiger partial charge in [-0.1, -0.05) is 0 Å². The number of amides is 1.